The van der Waals surface area contributed by atoms with Gasteiger partial charge in [-0.3, -0.25) is 9.59 Å². The fourth-order valence-corrected chi connectivity index (χ4v) is 4.37. The Hall–Kier alpha value is -3.62. The van der Waals surface area contributed by atoms with Gasteiger partial charge in [0.1, 0.15) is 0 Å². The van der Waals surface area contributed by atoms with Crippen LogP contribution in [0.15, 0.2) is 58.1 Å². The molecule has 1 aliphatic heterocycles. The first kappa shape index (κ1) is 25.5. The molecule has 2 aromatic carbocycles. The number of fused-ring (bicyclic) bond motifs is 2. The second-order valence-electron chi connectivity index (χ2n) is 9.48. The second kappa shape index (κ2) is 10.6. The Morgan fingerprint density at radius 1 is 0.833 bits per heavy atom. The van der Waals surface area contributed by atoms with Gasteiger partial charge in [0, 0.05) is 62.5 Å². The van der Waals surface area contributed by atoms with Crippen LogP contribution in [0.2, 0.25) is 0 Å². The molecule has 0 spiro atoms. The van der Waals surface area contributed by atoms with Crippen LogP contribution in [-0.4, -0.2) is 57.2 Å². The molecule has 3 heterocycles. The summed E-state index contributed by atoms with van der Waals surface area (Å²) in [6, 6.07) is 15.5. The molecule has 2 aromatic heterocycles. The fourth-order valence-electron chi connectivity index (χ4n) is 4.37. The standard InChI is InChI=1S/C16H20N2O3.C12H14N2O/c1-11-8-15(19)18(10-16-20-6-7-21-16)14-9-12(17(2)3)4-5-13(11)14;1-8-6-12(15)13-11-7-9(14(2)3)4-5-10(8)11/h4-5,8-9,16H,6-7,10H2,1-3H3;4-7H,1-3H3,(H,13,15). The Morgan fingerprint density at radius 3 is 2.06 bits per heavy atom. The number of hydrogen-bond donors (Lipinski definition) is 1. The maximum absolute atomic E-state index is 12.4. The molecule has 0 bridgehead atoms. The van der Waals surface area contributed by atoms with Crippen molar-refractivity contribution in [1.29, 1.82) is 0 Å². The molecule has 0 amide bonds. The minimum Gasteiger partial charge on any atom is -0.378 e. The monoisotopic (exact) mass is 490 g/mol. The maximum Gasteiger partial charge on any atom is 0.251 e. The van der Waals surface area contributed by atoms with Gasteiger partial charge in [-0.15, -0.1) is 0 Å². The van der Waals surface area contributed by atoms with Crippen LogP contribution in [0.25, 0.3) is 21.8 Å². The van der Waals surface area contributed by atoms with Gasteiger partial charge in [-0.25, -0.2) is 0 Å². The van der Waals surface area contributed by atoms with Crippen molar-refractivity contribution >= 4 is 33.2 Å². The average molecular weight is 491 g/mol. The number of aromatic amines is 1. The van der Waals surface area contributed by atoms with Crippen LogP contribution in [0.3, 0.4) is 0 Å². The molecular weight excluding hydrogens is 456 g/mol. The lowest BCUT2D eigenvalue weighted by molar-refractivity contribution is -0.0522. The predicted molar refractivity (Wildman–Crippen MR) is 147 cm³/mol. The largest absolute Gasteiger partial charge is 0.378 e. The highest BCUT2D eigenvalue weighted by atomic mass is 16.7. The van der Waals surface area contributed by atoms with Gasteiger partial charge >= 0.3 is 0 Å². The number of benzene rings is 2. The van der Waals surface area contributed by atoms with Crippen molar-refractivity contribution in [2.75, 3.05) is 51.2 Å². The van der Waals surface area contributed by atoms with Gasteiger partial charge < -0.3 is 28.8 Å². The van der Waals surface area contributed by atoms with Crippen LogP contribution in [-0.2, 0) is 16.0 Å². The summed E-state index contributed by atoms with van der Waals surface area (Å²) >= 11 is 0. The lowest BCUT2D eigenvalue weighted by atomic mass is 10.1. The smallest absolute Gasteiger partial charge is 0.251 e. The first-order valence-electron chi connectivity index (χ1n) is 12.0. The summed E-state index contributed by atoms with van der Waals surface area (Å²) in [6.45, 7) is 5.52. The van der Waals surface area contributed by atoms with E-state index < -0.39 is 0 Å². The zero-order valence-corrected chi connectivity index (χ0v) is 21.8. The number of rotatable bonds is 4. The number of H-pyrrole nitrogens is 1. The molecule has 0 saturated carbocycles. The molecule has 1 saturated heterocycles. The summed E-state index contributed by atoms with van der Waals surface area (Å²) in [7, 11) is 7.94. The molecule has 8 nitrogen and oxygen atoms in total. The molecular formula is C28H34N4O4. The third-order valence-corrected chi connectivity index (χ3v) is 6.39. The molecule has 0 unspecified atom stereocenters. The van der Waals surface area contributed by atoms with Crippen molar-refractivity contribution in [1.82, 2.24) is 9.55 Å². The number of pyridine rings is 2. The third kappa shape index (κ3) is 5.45. The van der Waals surface area contributed by atoms with E-state index in [1.807, 2.05) is 76.1 Å². The van der Waals surface area contributed by atoms with Crippen molar-refractivity contribution in [2.45, 2.75) is 26.7 Å². The van der Waals surface area contributed by atoms with E-state index in [-0.39, 0.29) is 17.4 Å². The minimum absolute atomic E-state index is 0.0185. The Bertz CT molecular complexity index is 1500. The lowest BCUT2D eigenvalue weighted by Crippen LogP contribution is -2.27. The quantitative estimate of drug-likeness (QED) is 0.471. The normalized spacial score (nSPS) is 13.6. The third-order valence-electron chi connectivity index (χ3n) is 6.39. The molecule has 1 fully saturated rings. The predicted octanol–water partition coefficient (Wildman–Crippen LogP) is 3.65. The zero-order valence-electron chi connectivity index (χ0n) is 21.8. The van der Waals surface area contributed by atoms with Gasteiger partial charge in [-0.05, 0) is 49.2 Å². The summed E-state index contributed by atoms with van der Waals surface area (Å²) in [5.74, 6) is 0. The van der Waals surface area contributed by atoms with Crippen molar-refractivity contribution < 1.29 is 9.47 Å². The maximum atomic E-state index is 12.4. The fraction of sp³-hybridized carbons (Fsp3) is 0.357. The van der Waals surface area contributed by atoms with E-state index in [2.05, 4.69) is 17.1 Å². The number of aryl methyl sites for hydroxylation is 2. The van der Waals surface area contributed by atoms with Crippen molar-refractivity contribution in [3.05, 3.63) is 80.4 Å². The van der Waals surface area contributed by atoms with E-state index in [0.717, 1.165) is 44.3 Å². The first-order chi connectivity index (χ1) is 17.1. The van der Waals surface area contributed by atoms with Crippen LogP contribution in [0.4, 0.5) is 11.4 Å². The summed E-state index contributed by atoms with van der Waals surface area (Å²) in [5.41, 5.74) is 5.91. The molecule has 190 valence electrons. The minimum atomic E-state index is -0.336. The molecule has 1 aliphatic rings. The summed E-state index contributed by atoms with van der Waals surface area (Å²) in [4.78, 5) is 30.6. The van der Waals surface area contributed by atoms with Crippen molar-refractivity contribution in [3.63, 3.8) is 0 Å². The SMILES string of the molecule is Cc1cc(=O)[nH]c2cc(N(C)C)ccc12.Cc1cc(=O)n(CC2OCCO2)c2cc(N(C)C)ccc12. The van der Waals surface area contributed by atoms with Crippen molar-refractivity contribution in [2.24, 2.45) is 0 Å². The first-order valence-corrected chi connectivity index (χ1v) is 12.0. The molecule has 1 N–H and O–H groups in total. The van der Waals surface area contributed by atoms with E-state index in [9.17, 15) is 9.59 Å². The molecule has 8 heteroatoms. The molecule has 0 radical (unpaired) electrons. The number of ether oxygens (including phenoxy) is 2. The number of nitrogens with one attached hydrogen (secondary N) is 1. The number of nitrogens with zero attached hydrogens (tertiary/aromatic N) is 3. The van der Waals surface area contributed by atoms with Gasteiger partial charge in [-0.1, -0.05) is 12.1 Å². The zero-order chi connectivity index (χ0) is 26.0. The van der Waals surface area contributed by atoms with Gasteiger partial charge in [0.2, 0.25) is 5.56 Å². The summed E-state index contributed by atoms with van der Waals surface area (Å²) in [6.07, 6.45) is -0.336. The van der Waals surface area contributed by atoms with E-state index in [4.69, 9.17) is 9.47 Å². The molecule has 4 aromatic rings. The van der Waals surface area contributed by atoms with Crippen molar-refractivity contribution in [3.8, 4) is 0 Å². The second-order valence-corrected chi connectivity index (χ2v) is 9.48. The Kier molecular flexibility index (Phi) is 7.47. The van der Waals surface area contributed by atoms with Crippen LogP contribution >= 0.6 is 0 Å². The highest BCUT2D eigenvalue weighted by Crippen LogP contribution is 2.23. The molecule has 0 aliphatic carbocycles. The highest BCUT2D eigenvalue weighted by molar-refractivity contribution is 5.86. The average Bonchev–Trinajstić information content (AvgIpc) is 3.34. The molecule has 0 atom stereocenters. The van der Waals surface area contributed by atoms with E-state index >= 15 is 0 Å². The van der Waals surface area contributed by atoms with Gasteiger partial charge in [0.05, 0.1) is 30.8 Å². The Balaban J connectivity index is 0.000000179. The van der Waals surface area contributed by atoms with Gasteiger partial charge in [-0.2, -0.15) is 0 Å². The Labute approximate surface area is 210 Å². The highest BCUT2D eigenvalue weighted by Gasteiger charge is 2.19. The lowest BCUT2D eigenvalue weighted by Gasteiger charge is -2.18. The number of anilines is 2. The van der Waals surface area contributed by atoms with E-state index in [1.165, 1.54) is 0 Å². The van der Waals surface area contributed by atoms with Crippen LogP contribution < -0.4 is 20.9 Å². The van der Waals surface area contributed by atoms with Crippen LogP contribution in [0.5, 0.6) is 0 Å². The topological polar surface area (TPSA) is 79.8 Å². The van der Waals surface area contributed by atoms with Crippen LogP contribution in [0, 0.1) is 13.8 Å². The summed E-state index contributed by atoms with van der Waals surface area (Å²) in [5, 5.41) is 2.18. The number of hydrogen-bond acceptors (Lipinski definition) is 6. The van der Waals surface area contributed by atoms with Crippen LogP contribution in [0.1, 0.15) is 11.1 Å². The van der Waals surface area contributed by atoms with E-state index in [1.54, 1.807) is 16.7 Å². The van der Waals surface area contributed by atoms with E-state index in [0.29, 0.717) is 19.8 Å². The summed E-state index contributed by atoms with van der Waals surface area (Å²) < 4.78 is 12.7. The van der Waals surface area contributed by atoms with Gasteiger partial charge in [0.15, 0.2) is 6.29 Å². The molecule has 36 heavy (non-hydrogen) atoms. The number of aromatic nitrogens is 2. The Morgan fingerprint density at radius 2 is 1.42 bits per heavy atom. The molecule has 5 rings (SSSR count). The van der Waals surface area contributed by atoms with Gasteiger partial charge in [0.25, 0.3) is 5.56 Å².